The summed E-state index contributed by atoms with van der Waals surface area (Å²) in [5.41, 5.74) is 5.57. The Balaban J connectivity index is 2.38. The summed E-state index contributed by atoms with van der Waals surface area (Å²) in [6.07, 6.45) is -3.25. The van der Waals surface area contributed by atoms with Crippen molar-refractivity contribution in [1.29, 1.82) is 0 Å². The molecule has 1 amide bonds. The molecule has 6 nitrogen and oxygen atoms in total. The Morgan fingerprint density at radius 2 is 1.79 bits per heavy atom. The van der Waals surface area contributed by atoms with E-state index in [1.807, 2.05) is 0 Å². The summed E-state index contributed by atoms with van der Waals surface area (Å²) in [7, 11) is -3.54. The van der Waals surface area contributed by atoms with Crippen LogP contribution in [0.3, 0.4) is 0 Å². The van der Waals surface area contributed by atoms with Crippen molar-refractivity contribution in [3.05, 3.63) is 36.2 Å². The number of carbonyl (C=O) groups is 1. The van der Waals surface area contributed by atoms with E-state index >= 15 is 0 Å². The number of unbranched alkanes of at least 4 members (excludes halogenated alkanes) is 2. The van der Waals surface area contributed by atoms with Gasteiger partial charge in [0.2, 0.25) is 5.91 Å². The fourth-order valence-electron chi connectivity index (χ4n) is 2.21. The van der Waals surface area contributed by atoms with E-state index in [1.54, 1.807) is 5.32 Å². The Bertz CT molecular complexity index is 778. The van der Waals surface area contributed by atoms with Gasteiger partial charge in [-0.15, -0.1) is 0 Å². The third kappa shape index (κ3) is 10.3. The summed E-state index contributed by atoms with van der Waals surface area (Å²) < 4.78 is 78.2. The maximum Gasteiger partial charge on any atom is 0.405 e. The molecule has 0 heterocycles. The Kier molecular flexibility index (Phi) is 10.1. The van der Waals surface area contributed by atoms with Gasteiger partial charge in [-0.1, -0.05) is 6.42 Å². The van der Waals surface area contributed by atoms with Crippen molar-refractivity contribution in [2.45, 2.75) is 36.8 Å². The van der Waals surface area contributed by atoms with Crippen molar-refractivity contribution in [3.8, 4) is 5.75 Å². The summed E-state index contributed by atoms with van der Waals surface area (Å²) in [6.45, 7) is -1.42. The second-order valence-electron chi connectivity index (χ2n) is 6.25. The van der Waals surface area contributed by atoms with Gasteiger partial charge in [-0.25, -0.2) is 12.8 Å². The second-order valence-corrected chi connectivity index (χ2v) is 8.36. The normalized spacial score (nSPS) is 12.7. The van der Waals surface area contributed by atoms with E-state index in [-0.39, 0.29) is 48.6 Å². The van der Waals surface area contributed by atoms with Gasteiger partial charge in [-0.3, -0.25) is 4.79 Å². The molecule has 0 saturated heterocycles. The van der Waals surface area contributed by atoms with Crippen LogP contribution in [0.2, 0.25) is 0 Å². The summed E-state index contributed by atoms with van der Waals surface area (Å²) in [4.78, 5) is 11.4. The number of nitrogens with one attached hydrogen (secondary N) is 1. The zero-order valence-electron chi connectivity index (χ0n) is 15.7. The number of ether oxygens (including phenoxy) is 1. The second kappa shape index (κ2) is 11.8. The van der Waals surface area contributed by atoms with Crippen molar-refractivity contribution in [1.82, 2.24) is 5.32 Å². The molecular weight excluding hydrogens is 416 g/mol. The van der Waals surface area contributed by atoms with Crippen LogP contribution in [0.5, 0.6) is 5.75 Å². The van der Waals surface area contributed by atoms with Gasteiger partial charge in [0, 0.05) is 18.5 Å². The molecule has 1 rings (SSSR count). The van der Waals surface area contributed by atoms with Gasteiger partial charge in [-0.05, 0) is 37.1 Å². The quantitative estimate of drug-likeness (QED) is 0.385. The van der Waals surface area contributed by atoms with E-state index in [0.29, 0.717) is 18.5 Å². The van der Waals surface area contributed by atoms with Gasteiger partial charge in [-0.2, -0.15) is 13.2 Å². The Morgan fingerprint density at radius 3 is 2.34 bits per heavy atom. The standard InChI is InChI=1S/C18H24F4N2O4S/c19-10-14(11-23)12-28-15-5-7-16(8-6-15)29(26,27)9-3-1-2-4-17(25)24-13-18(20,21)22/h5-8,10H,1-4,9,11-13,23H2,(H,24,25)/b14-10+. The SMILES string of the molecule is NC/C(=C\F)COc1ccc(S(=O)(=O)CCCCCC(=O)NCC(F)(F)F)cc1. The minimum Gasteiger partial charge on any atom is -0.489 e. The number of halogens is 4. The number of benzene rings is 1. The maximum absolute atomic E-state index is 12.4. The highest BCUT2D eigenvalue weighted by atomic mass is 32.2. The lowest BCUT2D eigenvalue weighted by atomic mass is 10.2. The van der Waals surface area contributed by atoms with Gasteiger partial charge in [0.25, 0.3) is 0 Å². The fraction of sp³-hybridized carbons (Fsp3) is 0.500. The van der Waals surface area contributed by atoms with Gasteiger partial charge < -0.3 is 15.8 Å². The van der Waals surface area contributed by atoms with Crippen LogP contribution < -0.4 is 15.8 Å². The topological polar surface area (TPSA) is 98.5 Å². The van der Waals surface area contributed by atoms with Crippen LogP contribution in [0.15, 0.2) is 41.1 Å². The molecule has 11 heteroatoms. The number of sulfone groups is 1. The number of hydrogen-bond acceptors (Lipinski definition) is 5. The van der Waals surface area contributed by atoms with E-state index in [1.165, 1.54) is 24.3 Å². The first-order valence-electron chi connectivity index (χ1n) is 8.84. The van der Waals surface area contributed by atoms with Crippen molar-refractivity contribution in [2.75, 3.05) is 25.4 Å². The molecule has 0 unspecified atom stereocenters. The first-order valence-corrected chi connectivity index (χ1v) is 10.5. The molecule has 0 saturated carbocycles. The molecule has 0 aliphatic heterocycles. The van der Waals surface area contributed by atoms with Crippen LogP contribution in [0.4, 0.5) is 17.6 Å². The lowest BCUT2D eigenvalue weighted by Crippen LogP contribution is -2.33. The smallest absolute Gasteiger partial charge is 0.405 e. The molecule has 164 valence electrons. The van der Waals surface area contributed by atoms with Gasteiger partial charge in [0.05, 0.1) is 17.0 Å². The van der Waals surface area contributed by atoms with Crippen molar-refractivity contribution >= 4 is 15.7 Å². The molecule has 0 fully saturated rings. The van der Waals surface area contributed by atoms with E-state index < -0.39 is 28.5 Å². The molecule has 3 N–H and O–H groups in total. The molecule has 0 bridgehead atoms. The molecule has 1 aromatic carbocycles. The van der Waals surface area contributed by atoms with E-state index in [0.717, 1.165) is 0 Å². The molecule has 1 aromatic rings. The Morgan fingerprint density at radius 1 is 1.14 bits per heavy atom. The molecule has 0 atom stereocenters. The zero-order valence-corrected chi connectivity index (χ0v) is 16.5. The van der Waals surface area contributed by atoms with Crippen LogP contribution in [0.1, 0.15) is 25.7 Å². The molecule has 0 aromatic heterocycles. The molecule has 0 spiro atoms. The Labute approximate surface area is 167 Å². The zero-order chi connectivity index (χ0) is 21.9. The van der Waals surface area contributed by atoms with E-state index in [4.69, 9.17) is 10.5 Å². The number of rotatable bonds is 12. The van der Waals surface area contributed by atoms with Gasteiger partial charge in [0.15, 0.2) is 9.84 Å². The first-order chi connectivity index (χ1) is 13.6. The average molecular weight is 440 g/mol. The van der Waals surface area contributed by atoms with Crippen LogP contribution in [0.25, 0.3) is 0 Å². The summed E-state index contributed by atoms with van der Waals surface area (Å²) in [5.74, 6) is -0.512. The van der Waals surface area contributed by atoms with Gasteiger partial charge >= 0.3 is 6.18 Å². The molecule has 29 heavy (non-hydrogen) atoms. The maximum atomic E-state index is 12.4. The van der Waals surface area contributed by atoms with Crippen LogP contribution in [-0.4, -0.2) is 46.0 Å². The monoisotopic (exact) mass is 440 g/mol. The van der Waals surface area contributed by atoms with Gasteiger partial charge in [0.1, 0.15) is 18.9 Å². The number of nitrogens with two attached hydrogens (primary N) is 1. The Hall–Kier alpha value is -2.14. The van der Waals surface area contributed by atoms with Crippen molar-refractivity contribution in [2.24, 2.45) is 5.73 Å². The van der Waals surface area contributed by atoms with Crippen LogP contribution in [0, 0.1) is 0 Å². The van der Waals surface area contributed by atoms with Crippen LogP contribution >= 0.6 is 0 Å². The van der Waals surface area contributed by atoms with E-state index in [9.17, 15) is 30.8 Å². The summed E-state index contributed by atoms with van der Waals surface area (Å²) in [6, 6.07) is 5.64. The summed E-state index contributed by atoms with van der Waals surface area (Å²) >= 11 is 0. The average Bonchev–Trinajstić information content (AvgIpc) is 2.66. The highest BCUT2D eigenvalue weighted by Gasteiger charge is 2.27. The van der Waals surface area contributed by atoms with E-state index in [2.05, 4.69) is 0 Å². The van der Waals surface area contributed by atoms with Crippen LogP contribution in [-0.2, 0) is 14.6 Å². The number of carbonyl (C=O) groups excluding carboxylic acids is 1. The highest BCUT2D eigenvalue weighted by molar-refractivity contribution is 7.91. The third-order valence-corrected chi connectivity index (χ3v) is 5.64. The lowest BCUT2D eigenvalue weighted by Gasteiger charge is -2.09. The number of amides is 1. The summed E-state index contributed by atoms with van der Waals surface area (Å²) in [5, 5.41) is 1.76. The minimum absolute atomic E-state index is 0.00690. The van der Waals surface area contributed by atoms with Crippen molar-refractivity contribution in [3.63, 3.8) is 0 Å². The predicted molar refractivity (Wildman–Crippen MR) is 99.8 cm³/mol. The lowest BCUT2D eigenvalue weighted by molar-refractivity contribution is -0.138. The highest BCUT2D eigenvalue weighted by Crippen LogP contribution is 2.19. The molecule has 0 aliphatic rings. The molecule has 0 radical (unpaired) electrons. The number of alkyl halides is 3. The molecule has 0 aliphatic carbocycles. The van der Waals surface area contributed by atoms with Crippen molar-refractivity contribution < 1.29 is 35.5 Å². The largest absolute Gasteiger partial charge is 0.489 e. The fourth-order valence-corrected chi connectivity index (χ4v) is 3.58. The molecular formula is C18H24F4N2O4S. The minimum atomic E-state index is -4.46. The predicted octanol–water partition coefficient (Wildman–Crippen LogP) is 2.89. The first kappa shape index (κ1) is 24.9. The number of hydrogen-bond donors (Lipinski definition) is 2. The third-order valence-electron chi connectivity index (χ3n) is 3.83.